The number of carbonyl (C=O) groups excluding carboxylic acids is 2. The van der Waals surface area contributed by atoms with E-state index in [0.29, 0.717) is 16.6 Å². The van der Waals surface area contributed by atoms with Crippen LogP contribution in [0.5, 0.6) is 0 Å². The summed E-state index contributed by atoms with van der Waals surface area (Å²) in [5, 5.41) is 3.48. The van der Waals surface area contributed by atoms with Gasteiger partial charge in [-0.3, -0.25) is 9.78 Å². The van der Waals surface area contributed by atoms with Crippen molar-refractivity contribution in [3.63, 3.8) is 0 Å². The fourth-order valence-corrected chi connectivity index (χ4v) is 2.06. The number of esters is 1. The smallest absolute Gasteiger partial charge is 0.338 e. The number of pyridine rings is 1. The molecule has 0 aliphatic carbocycles. The minimum Gasteiger partial charge on any atom is -0.459 e. The third-order valence-corrected chi connectivity index (χ3v) is 2.83. The number of hydrogen-bond donors (Lipinski definition) is 1. The van der Waals surface area contributed by atoms with E-state index < -0.39 is 0 Å². The molecule has 1 aromatic heterocycles. The van der Waals surface area contributed by atoms with Crippen LogP contribution in [0, 0.1) is 6.92 Å². The second kappa shape index (κ2) is 5.91. The summed E-state index contributed by atoms with van der Waals surface area (Å²) in [6.07, 6.45) is -0.181. The summed E-state index contributed by atoms with van der Waals surface area (Å²) < 4.78 is 5.18. The van der Waals surface area contributed by atoms with Gasteiger partial charge in [0.2, 0.25) is 5.91 Å². The molecule has 0 saturated heterocycles. The molecule has 0 saturated carbocycles. The molecule has 0 aliphatic rings. The maximum Gasteiger partial charge on any atom is 0.338 e. The lowest BCUT2D eigenvalue weighted by molar-refractivity contribution is -0.114. The number of amides is 1. The number of carbonyl (C=O) groups is 2. The number of anilines is 1. The van der Waals surface area contributed by atoms with E-state index in [2.05, 4.69) is 10.3 Å². The minimum absolute atomic E-state index is 0.169. The van der Waals surface area contributed by atoms with Crippen molar-refractivity contribution in [3.8, 4) is 0 Å². The van der Waals surface area contributed by atoms with Crippen molar-refractivity contribution in [2.75, 3.05) is 5.32 Å². The molecular formula is C16H18N2O3. The first kappa shape index (κ1) is 15.0. The molecule has 0 fully saturated rings. The van der Waals surface area contributed by atoms with E-state index >= 15 is 0 Å². The maximum absolute atomic E-state index is 12.0. The highest BCUT2D eigenvalue weighted by atomic mass is 16.5. The molecule has 2 aromatic rings. The molecule has 0 atom stereocenters. The van der Waals surface area contributed by atoms with Crippen molar-refractivity contribution < 1.29 is 14.3 Å². The highest BCUT2D eigenvalue weighted by Crippen LogP contribution is 2.25. The summed E-state index contributed by atoms with van der Waals surface area (Å²) >= 11 is 0. The largest absolute Gasteiger partial charge is 0.459 e. The Morgan fingerprint density at radius 1 is 1.24 bits per heavy atom. The molecule has 1 heterocycles. The van der Waals surface area contributed by atoms with Crippen molar-refractivity contribution in [3.05, 3.63) is 35.5 Å². The molecule has 0 spiro atoms. The maximum atomic E-state index is 12.0. The van der Waals surface area contributed by atoms with Crippen LogP contribution in [0.2, 0.25) is 0 Å². The number of benzene rings is 1. The molecule has 1 N–H and O–H groups in total. The highest BCUT2D eigenvalue weighted by molar-refractivity contribution is 6.03. The van der Waals surface area contributed by atoms with Gasteiger partial charge in [0.25, 0.3) is 0 Å². The Morgan fingerprint density at radius 3 is 2.57 bits per heavy atom. The average molecular weight is 286 g/mol. The van der Waals surface area contributed by atoms with E-state index in [1.165, 1.54) is 6.92 Å². The predicted octanol–water partition coefficient (Wildman–Crippen LogP) is 3.07. The molecule has 1 aromatic carbocycles. The lowest BCUT2D eigenvalue weighted by Gasteiger charge is -2.11. The Balaban J connectivity index is 2.52. The number of aromatic nitrogens is 1. The fourth-order valence-electron chi connectivity index (χ4n) is 2.06. The van der Waals surface area contributed by atoms with Crippen molar-refractivity contribution in [2.45, 2.75) is 33.8 Å². The first-order chi connectivity index (χ1) is 9.86. The van der Waals surface area contributed by atoms with E-state index in [0.717, 1.165) is 11.2 Å². The van der Waals surface area contributed by atoms with Gasteiger partial charge in [-0.2, -0.15) is 0 Å². The minimum atomic E-state index is -0.388. The SMILES string of the molecule is CC(=O)Nc1cc(C)nc2ccc(C(=O)OC(C)C)cc12. The van der Waals surface area contributed by atoms with Gasteiger partial charge in [0.15, 0.2) is 0 Å². The van der Waals surface area contributed by atoms with Crippen molar-refractivity contribution in [1.82, 2.24) is 4.98 Å². The summed E-state index contributed by atoms with van der Waals surface area (Å²) in [6.45, 7) is 6.89. The average Bonchev–Trinajstić information content (AvgIpc) is 2.36. The zero-order valence-electron chi connectivity index (χ0n) is 12.6. The molecule has 21 heavy (non-hydrogen) atoms. The first-order valence-corrected chi connectivity index (χ1v) is 6.77. The summed E-state index contributed by atoms with van der Waals surface area (Å²) in [5.41, 5.74) is 2.60. The van der Waals surface area contributed by atoms with Gasteiger partial charge in [0, 0.05) is 18.0 Å². The van der Waals surface area contributed by atoms with Gasteiger partial charge < -0.3 is 10.1 Å². The van der Waals surface area contributed by atoms with Gasteiger partial charge in [-0.1, -0.05) is 0 Å². The van der Waals surface area contributed by atoms with Crippen LogP contribution in [0.1, 0.15) is 36.8 Å². The van der Waals surface area contributed by atoms with E-state index in [9.17, 15) is 9.59 Å². The van der Waals surface area contributed by atoms with Crippen LogP contribution in [-0.2, 0) is 9.53 Å². The zero-order valence-corrected chi connectivity index (χ0v) is 12.6. The second-order valence-corrected chi connectivity index (χ2v) is 5.18. The molecular weight excluding hydrogens is 268 g/mol. The molecule has 110 valence electrons. The monoisotopic (exact) mass is 286 g/mol. The topological polar surface area (TPSA) is 68.3 Å². The van der Waals surface area contributed by atoms with Gasteiger partial charge in [0.05, 0.1) is 22.9 Å². The van der Waals surface area contributed by atoms with Crippen LogP contribution >= 0.6 is 0 Å². The fraction of sp³-hybridized carbons (Fsp3) is 0.312. The van der Waals surface area contributed by atoms with Gasteiger partial charge in [-0.05, 0) is 45.0 Å². The third-order valence-electron chi connectivity index (χ3n) is 2.83. The van der Waals surface area contributed by atoms with Crippen LogP contribution in [0.4, 0.5) is 5.69 Å². The van der Waals surface area contributed by atoms with Crippen LogP contribution in [0.25, 0.3) is 10.9 Å². The number of fused-ring (bicyclic) bond motifs is 1. The van der Waals surface area contributed by atoms with Gasteiger partial charge >= 0.3 is 5.97 Å². The number of aryl methyl sites for hydroxylation is 1. The zero-order chi connectivity index (χ0) is 15.6. The summed E-state index contributed by atoms with van der Waals surface area (Å²) in [6, 6.07) is 6.90. The van der Waals surface area contributed by atoms with Crippen LogP contribution in [0.15, 0.2) is 24.3 Å². The number of ether oxygens (including phenoxy) is 1. The van der Waals surface area contributed by atoms with Crippen molar-refractivity contribution in [2.24, 2.45) is 0 Å². The Morgan fingerprint density at radius 2 is 1.95 bits per heavy atom. The Hall–Kier alpha value is -2.43. The van der Waals surface area contributed by atoms with E-state index in [-0.39, 0.29) is 18.0 Å². The first-order valence-electron chi connectivity index (χ1n) is 6.77. The standard InChI is InChI=1S/C16H18N2O3/c1-9(2)21-16(20)12-5-6-14-13(8-12)15(18-11(4)19)7-10(3)17-14/h5-9H,1-4H3,(H,17,18,19). The lowest BCUT2D eigenvalue weighted by Crippen LogP contribution is -2.12. The second-order valence-electron chi connectivity index (χ2n) is 5.18. The number of nitrogens with one attached hydrogen (secondary N) is 1. The summed E-state index contributed by atoms with van der Waals surface area (Å²) in [7, 11) is 0. The van der Waals surface area contributed by atoms with E-state index in [1.54, 1.807) is 38.1 Å². The van der Waals surface area contributed by atoms with E-state index in [4.69, 9.17) is 4.74 Å². The molecule has 5 heteroatoms. The molecule has 1 amide bonds. The summed E-state index contributed by atoms with van der Waals surface area (Å²) in [5.74, 6) is -0.557. The molecule has 0 unspecified atom stereocenters. The summed E-state index contributed by atoms with van der Waals surface area (Å²) in [4.78, 5) is 27.7. The third kappa shape index (κ3) is 3.56. The number of rotatable bonds is 3. The van der Waals surface area contributed by atoms with Crippen LogP contribution in [-0.4, -0.2) is 23.0 Å². The highest BCUT2D eigenvalue weighted by Gasteiger charge is 2.12. The van der Waals surface area contributed by atoms with Crippen molar-refractivity contribution >= 4 is 28.5 Å². The van der Waals surface area contributed by atoms with Gasteiger partial charge in [-0.25, -0.2) is 4.79 Å². The lowest BCUT2D eigenvalue weighted by atomic mass is 10.1. The molecule has 2 rings (SSSR count). The quantitative estimate of drug-likeness (QED) is 0.880. The number of nitrogens with zero attached hydrogens (tertiary/aromatic N) is 1. The van der Waals surface area contributed by atoms with Gasteiger partial charge in [0.1, 0.15) is 0 Å². The molecule has 0 bridgehead atoms. The molecule has 0 aliphatic heterocycles. The molecule has 0 radical (unpaired) electrons. The normalized spacial score (nSPS) is 10.7. The Bertz CT molecular complexity index is 708. The van der Waals surface area contributed by atoms with E-state index in [1.807, 2.05) is 6.92 Å². The predicted molar refractivity (Wildman–Crippen MR) is 81.3 cm³/mol. The Labute approximate surface area is 123 Å². The number of hydrogen-bond acceptors (Lipinski definition) is 4. The van der Waals surface area contributed by atoms with Crippen LogP contribution in [0.3, 0.4) is 0 Å². The van der Waals surface area contributed by atoms with Crippen molar-refractivity contribution in [1.29, 1.82) is 0 Å². The van der Waals surface area contributed by atoms with Crippen LogP contribution < -0.4 is 5.32 Å². The Kier molecular flexibility index (Phi) is 4.21. The van der Waals surface area contributed by atoms with Gasteiger partial charge in [-0.15, -0.1) is 0 Å². The molecule has 5 nitrogen and oxygen atoms in total.